The molecule has 2 aromatic rings. The Balaban J connectivity index is 2.65. The highest BCUT2D eigenvalue weighted by Crippen LogP contribution is 2.57. The lowest BCUT2D eigenvalue weighted by Gasteiger charge is -2.33. The van der Waals surface area contributed by atoms with Crippen molar-refractivity contribution in [2.45, 2.75) is 23.9 Å². The first kappa shape index (κ1) is 21.3. The molecule has 0 aliphatic carbocycles. The molecular weight excluding hydrogens is 422 g/mol. The highest BCUT2D eigenvalue weighted by molar-refractivity contribution is 6.30. The summed E-state index contributed by atoms with van der Waals surface area (Å²) < 4.78 is 132. The molecular formula is C14H7ClF10N2. The molecule has 0 atom stereocenters. The monoisotopic (exact) mass is 428 g/mol. The van der Waals surface area contributed by atoms with Crippen molar-refractivity contribution in [3.05, 3.63) is 40.8 Å². The number of halogens is 11. The van der Waals surface area contributed by atoms with Gasteiger partial charge in [0.05, 0.1) is 0 Å². The Morgan fingerprint density at radius 3 is 1.78 bits per heavy atom. The molecule has 150 valence electrons. The summed E-state index contributed by atoms with van der Waals surface area (Å²) in [5, 5.41) is 3.33. The van der Waals surface area contributed by atoms with E-state index >= 15 is 0 Å². The summed E-state index contributed by atoms with van der Waals surface area (Å²) in [5.41, 5.74) is -3.64. The van der Waals surface area contributed by atoms with Crippen molar-refractivity contribution in [3.8, 4) is 11.3 Å². The van der Waals surface area contributed by atoms with E-state index in [2.05, 4.69) is 5.10 Å². The molecule has 0 bridgehead atoms. The summed E-state index contributed by atoms with van der Waals surface area (Å²) in [4.78, 5) is 0. The zero-order valence-electron chi connectivity index (χ0n) is 12.9. The number of aromatic nitrogens is 2. The zero-order chi connectivity index (χ0) is 21.0. The minimum atomic E-state index is -7.14. The lowest BCUT2D eigenvalue weighted by molar-refractivity contribution is -0.400. The van der Waals surface area contributed by atoms with Gasteiger partial charge in [0.15, 0.2) is 11.5 Å². The van der Waals surface area contributed by atoms with Crippen molar-refractivity contribution < 1.29 is 43.9 Å². The third-order valence-corrected chi connectivity index (χ3v) is 3.80. The quantitative estimate of drug-likeness (QED) is 0.562. The van der Waals surface area contributed by atoms with E-state index in [0.29, 0.717) is 7.05 Å². The highest BCUT2D eigenvalue weighted by atomic mass is 35.5. The Morgan fingerprint density at radius 2 is 1.33 bits per heavy atom. The van der Waals surface area contributed by atoms with Crippen LogP contribution >= 0.6 is 11.6 Å². The predicted octanol–water partition coefficient (Wildman–Crippen LogP) is 5.80. The Kier molecular flexibility index (Phi) is 4.96. The summed E-state index contributed by atoms with van der Waals surface area (Å²) in [6.07, 6.45) is -7.01. The van der Waals surface area contributed by atoms with Crippen molar-refractivity contribution in [3.63, 3.8) is 0 Å². The molecule has 0 radical (unpaired) electrons. The van der Waals surface area contributed by atoms with Crippen molar-refractivity contribution in [1.29, 1.82) is 0 Å². The van der Waals surface area contributed by atoms with E-state index in [9.17, 15) is 43.9 Å². The van der Waals surface area contributed by atoms with Gasteiger partial charge in [-0.05, 0) is 12.1 Å². The van der Waals surface area contributed by atoms with Crippen LogP contribution in [0.2, 0.25) is 5.02 Å². The predicted molar refractivity (Wildman–Crippen MR) is 73.5 cm³/mol. The molecule has 0 aliphatic heterocycles. The SMILES string of the molecule is Cn1nc(-c2ccc(Cl)cc2)c(F)c1C(F)(F)C(F)(F)C(F)(F)C(F)(F)F. The normalized spacial score (nSPS) is 13.9. The molecule has 0 spiro atoms. The Labute approximate surface area is 149 Å². The molecule has 2 rings (SSSR count). The van der Waals surface area contributed by atoms with Crippen LogP contribution in [-0.2, 0) is 13.0 Å². The Bertz CT molecular complexity index is 839. The highest BCUT2D eigenvalue weighted by Gasteiger charge is 2.83. The van der Waals surface area contributed by atoms with Gasteiger partial charge in [-0.2, -0.15) is 44.6 Å². The van der Waals surface area contributed by atoms with Crippen LogP contribution in [-0.4, -0.2) is 27.8 Å². The standard InChI is InChI=1S/C14H7ClF10N2/c1-27-10(8(16)9(26-27)6-2-4-7(15)5-3-6)11(17,18)12(19,20)13(21,22)14(23,24)25/h2-5H,1H3. The van der Waals surface area contributed by atoms with Crippen LogP contribution in [0.3, 0.4) is 0 Å². The van der Waals surface area contributed by atoms with Gasteiger partial charge >= 0.3 is 23.9 Å². The second kappa shape index (κ2) is 6.28. The maximum Gasteiger partial charge on any atom is 0.460 e. The van der Waals surface area contributed by atoms with Crippen LogP contribution in [0.1, 0.15) is 5.69 Å². The largest absolute Gasteiger partial charge is 0.460 e. The van der Waals surface area contributed by atoms with Crippen LogP contribution in [0, 0.1) is 5.82 Å². The van der Waals surface area contributed by atoms with Crippen LogP contribution in [0.5, 0.6) is 0 Å². The fourth-order valence-corrected chi connectivity index (χ4v) is 2.28. The Hall–Kier alpha value is -1.98. The summed E-state index contributed by atoms with van der Waals surface area (Å²) >= 11 is 5.57. The van der Waals surface area contributed by atoms with Gasteiger partial charge in [0, 0.05) is 17.6 Å². The Morgan fingerprint density at radius 1 is 0.852 bits per heavy atom. The van der Waals surface area contributed by atoms with Crippen LogP contribution in [0.25, 0.3) is 11.3 Å². The maximum atomic E-state index is 14.3. The summed E-state index contributed by atoms with van der Waals surface area (Å²) in [7, 11) is 0.494. The third-order valence-electron chi connectivity index (χ3n) is 3.55. The van der Waals surface area contributed by atoms with Gasteiger partial charge in [0.25, 0.3) is 0 Å². The first-order valence-corrected chi connectivity index (χ1v) is 7.12. The number of hydrogen-bond acceptors (Lipinski definition) is 1. The van der Waals surface area contributed by atoms with Gasteiger partial charge in [0.2, 0.25) is 0 Å². The van der Waals surface area contributed by atoms with E-state index in [1.54, 1.807) is 0 Å². The number of hydrogen-bond donors (Lipinski definition) is 0. The number of alkyl halides is 9. The van der Waals surface area contributed by atoms with Gasteiger partial charge in [-0.15, -0.1) is 0 Å². The van der Waals surface area contributed by atoms with Gasteiger partial charge < -0.3 is 0 Å². The fourth-order valence-electron chi connectivity index (χ4n) is 2.16. The maximum absolute atomic E-state index is 14.3. The summed E-state index contributed by atoms with van der Waals surface area (Å²) in [5.74, 6) is -22.6. The molecule has 0 saturated heterocycles. The molecule has 0 saturated carbocycles. The van der Waals surface area contributed by atoms with E-state index in [4.69, 9.17) is 11.6 Å². The van der Waals surface area contributed by atoms with Crippen molar-refractivity contribution in [2.75, 3.05) is 0 Å². The van der Waals surface area contributed by atoms with E-state index in [1.807, 2.05) is 0 Å². The van der Waals surface area contributed by atoms with Crippen LogP contribution < -0.4 is 0 Å². The molecule has 0 N–H and O–H groups in total. The molecule has 27 heavy (non-hydrogen) atoms. The summed E-state index contributed by atoms with van der Waals surface area (Å²) in [6, 6.07) is 4.43. The average Bonchev–Trinajstić information content (AvgIpc) is 2.81. The number of aryl methyl sites for hydroxylation is 1. The molecule has 0 unspecified atom stereocenters. The first-order valence-electron chi connectivity index (χ1n) is 6.74. The molecule has 0 amide bonds. The molecule has 0 aliphatic rings. The van der Waals surface area contributed by atoms with E-state index in [-0.39, 0.29) is 15.3 Å². The fraction of sp³-hybridized carbons (Fsp3) is 0.357. The third kappa shape index (κ3) is 3.13. The van der Waals surface area contributed by atoms with Crippen LogP contribution in [0.4, 0.5) is 43.9 Å². The smallest absolute Gasteiger partial charge is 0.263 e. The molecule has 2 nitrogen and oxygen atoms in total. The van der Waals surface area contributed by atoms with E-state index in [1.165, 1.54) is 0 Å². The van der Waals surface area contributed by atoms with Crippen molar-refractivity contribution in [2.24, 2.45) is 7.05 Å². The zero-order valence-corrected chi connectivity index (χ0v) is 13.6. The van der Waals surface area contributed by atoms with E-state index in [0.717, 1.165) is 24.3 Å². The first-order chi connectivity index (χ1) is 12.1. The second-order valence-corrected chi connectivity index (χ2v) is 5.80. The van der Waals surface area contributed by atoms with E-state index < -0.39 is 41.1 Å². The van der Waals surface area contributed by atoms with Gasteiger partial charge in [-0.3, -0.25) is 4.68 Å². The van der Waals surface area contributed by atoms with Crippen molar-refractivity contribution in [1.82, 2.24) is 9.78 Å². The summed E-state index contributed by atoms with van der Waals surface area (Å²) in [6.45, 7) is 0. The molecule has 13 heteroatoms. The minimum absolute atomic E-state index is 0.136. The van der Waals surface area contributed by atoms with Gasteiger partial charge in [-0.1, -0.05) is 23.7 Å². The lowest BCUT2D eigenvalue weighted by atomic mass is 9.99. The molecule has 1 aromatic carbocycles. The second-order valence-electron chi connectivity index (χ2n) is 5.36. The number of nitrogens with zero attached hydrogens (tertiary/aromatic N) is 2. The lowest BCUT2D eigenvalue weighted by Crippen LogP contribution is -2.60. The van der Waals surface area contributed by atoms with Gasteiger partial charge in [-0.25, -0.2) is 4.39 Å². The molecule has 0 fully saturated rings. The minimum Gasteiger partial charge on any atom is -0.263 e. The number of rotatable bonds is 4. The van der Waals surface area contributed by atoms with Gasteiger partial charge in [0.1, 0.15) is 5.69 Å². The van der Waals surface area contributed by atoms with Crippen molar-refractivity contribution >= 4 is 11.6 Å². The van der Waals surface area contributed by atoms with Crippen LogP contribution in [0.15, 0.2) is 24.3 Å². The molecule has 1 aromatic heterocycles. The topological polar surface area (TPSA) is 17.8 Å². The average molecular weight is 429 g/mol. The number of benzene rings is 1. The molecule has 1 heterocycles.